The number of aromatic nitrogens is 1. The van der Waals surface area contributed by atoms with Crippen molar-refractivity contribution in [1.29, 1.82) is 0 Å². The quantitative estimate of drug-likeness (QED) is 0.810. The van der Waals surface area contributed by atoms with Gasteiger partial charge in [0.05, 0.1) is 6.54 Å². The van der Waals surface area contributed by atoms with E-state index in [4.69, 9.17) is 4.74 Å². The van der Waals surface area contributed by atoms with E-state index >= 15 is 0 Å². The first kappa shape index (κ1) is 13.9. The van der Waals surface area contributed by atoms with E-state index in [0.29, 0.717) is 18.7 Å². The third-order valence-corrected chi connectivity index (χ3v) is 2.68. The maximum Gasteiger partial charge on any atom is 0.251 e. The molecule has 1 aromatic heterocycles. The lowest BCUT2D eigenvalue weighted by Gasteiger charge is -2.08. The van der Waals surface area contributed by atoms with Crippen LogP contribution in [0.5, 0.6) is 5.75 Å². The fourth-order valence-corrected chi connectivity index (χ4v) is 1.73. The Kier molecular flexibility index (Phi) is 4.55. The molecule has 1 aromatic carbocycles. The Bertz CT molecular complexity index is 649. The SMILES string of the molecule is Cc1cccc(OCCNC(=O)c2cc[nH]c(=O)c2)c1. The molecule has 2 N–H and O–H groups in total. The van der Waals surface area contributed by atoms with Crippen LogP contribution in [-0.4, -0.2) is 24.0 Å². The van der Waals surface area contributed by atoms with Gasteiger partial charge in [0.2, 0.25) is 5.56 Å². The van der Waals surface area contributed by atoms with Gasteiger partial charge in [0.25, 0.3) is 5.91 Å². The van der Waals surface area contributed by atoms with E-state index in [2.05, 4.69) is 10.3 Å². The topological polar surface area (TPSA) is 71.2 Å². The van der Waals surface area contributed by atoms with Crippen molar-refractivity contribution in [3.05, 3.63) is 64.1 Å². The van der Waals surface area contributed by atoms with Crippen LogP contribution in [0.15, 0.2) is 47.4 Å². The van der Waals surface area contributed by atoms with E-state index in [-0.39, 0.29) is 11.5 Å². The lowest BCUT2D eigenvalue weighted by Crippen LogP contribution is -2.28. The van der Waals surface area contributed by atoms with Gasteiger partial charge < -0.3 is 15.0 Å². The predicted octanol–water partition coefficient (Wildman–Crippen LogP) is 1.49. The molecule has 0 saturated heterocycles. The highest BCUT2D eigenvalue weighted by Crippen LogP contribution is 2.11. The van der Waals surface area contributed by atoms with E-state index in [0.717, 1.165) is 11.3 Å². The van der Waals surface area contributed by atoms with Gasteiger partial charge in [-0.2, -0.15) is 0 Å². The van der Waals surface area contributed by atoms with Gasteiger partial charge in [-0.25, -0.2) is 0 Å². The van der Waals surface area contributed by atoms with Crippen LogP contribution in [0.1, 0.15) is 15.9 Å². The lowest BCUT2D eigenvalue weighted by molar-refractivity contribution is 0.0946. The van der Waals surface area contributed by atoms with Crippen LogP contribution < -0.4 is 15.6 Å². The fraction of sp³-hybridized carbons (Fsp3) is 0.200. The van der Waals surface area contributed by atoms with Crippen LogP contribution in [0.2, 0.25) is 0 Å². The second-order valence-electron chi connectivity index (χ2n) is 4.36. The Morgan fingerprint density at radius 2 is 2.15 bits per heavy atom. The molecule has 0 saturated carbocycles. The van der Waals surface area contributed by atoms with E-state index in [9.17, 15) is 9.59 Å². The summed E-state index contributed by atoms with van der Waals surface area (Å²) < 4.78 is 5.51. The number of hydrogen-bond acceptors (Lipinski definition) is 3. The Balaban J connectivity index is 1.79. The molecule has 5 heteroatoms. The summed E-state index contributed by atoms with van der Waals surface area (Å²) in [5, 5.41) is 2.69. The molecule has 0 unspecified atom stereocenters. The van der Waals surface area contributed by atoms with Crippen molar-refractivity contribution in [2.75, 3.05) is 13.2 Å². The lowest BCUT2D eigenvalue weighted by atomic mass is 10.2. The molecule has 1 amide bonds. The number of aryl methyl sites for hydroxylation is 1. The number of aromatic amines is 1. The summed E-state index contributed by atoms with van der Waals surface area (Å²) in [5.41, 5.74) is 1.16. The number of carbonyl (C=O) groups excluding carboxylic acids is 1. The first-order chi connectivity index (χ1) is 9.65. The number of benzene rings is 1. The highest BCUT2D eigenvalue weighted by molar-refractivity contribution is 5.93. The molecule has 5 nitrogen and oxygen atoms in total. The molecule has 0 spiro atoms. The van der Waals surface area contributed by atoms with Crippen molar-refractivity contribution in [3.8, 4) is 5.75 Å². The highest BCUT2D eigenvalue weighted by Gasteiger charge is 2.04. The Morgan fingerprint density at radius 1 is 1.30 bits per heavy atom. The van der Waals surface area contributed by atoms with E-state index in [1.165, 1.54) is 12.3 Å². The van der Waals surface area contributed by atoms with Gasteiger partial charge in [0.15, 0.2) is 0 Å². The zero-order chi connectivity index (χ0) is 14.4. The fourth-order valence-electron chi connectivity index (χ4n) is 1.73. The second-order valence-corrected chi connectivity index (χ2v) is 4.36. The standard InChI is InChI=1S/C15H16N2O3/c1-11-3-2-4-13(9-11)20-8-7-17-15(19)12-5-6-16-14(18)10-12/h2-6,9-10H,7-8H2,1H3,(H,16,18)(H,17,19). The summed E-state index contributed by atoms with van der Waals surface area (Å²) >= 11 is 0. The van der Waals surface area contributed by atoms with Crippen molar-refractivity contribution < 1.29 is 9.53 Å². The van der Waals surface area contributed by atoms with Crippen LogP contribution in [-0.2, 0) is 0 Å². The number of rotatable bonds is 5. The summed E-state index contributed by atoms with van der Waals surface area (Å²) in [6, 6.07) is 10.5. The van der Waals surface area contributed by atoms with Crippen molar-refractivity contribution in [1.82, 2.24) is 10.3 Å². The molecule has 0 aliphatic carbocycles. The van der Waals surface area contributed by atoms with Gasteiger partial charge in [0.1, 0.15) is 12.4 Å². The van der Waals surface area contributed by atoms with Crippen LogP contribution >= 0.6 is 0 Å². The summed E-state index contributed by atoms with van der Waals surface area (Å²) in [6.07, 6.45) is 1.44. The Labute approximate surface area is 116 Å². The number of ether oxygens (including phenoxy) is 1. The number of hydrogen-bond donors (Lipinski definition) is 2. The van der Waals surface area contributed by atoms with Gasteiger partial charge >= 0.3 is 0 Å². The molecule has 20 heavy (non-hydrogen) atoms. The second kappa shape index (κ2) is 6.56. The molecule has 2 rings (SSSR count). The molecule has 2 aromatic rings. The maximum atomic E-state index is 11.7. The molecular weight excluding hydrogens is 256 g/mol. The van der Waals surface area contributed by atoms with Crippen molar-refractivity contribution in [2.24, 2.45) is 0 Å². The van der Waals surface area contributed by atoms with E-state index < -0.39 is 0 Å². The van der Waals surface area contributed by atoms with Gasteiger partial charge in [-0.05, 0) is 30.7 Å². The van der Waals surface area contributed by atoms with E-state index in [1.807, 2.05) is 31.2 Å². The predicted molar refractivity (Wildman–Crippen MR) is 76.1 cm³/mol. The maximum absolute atomic E-state index is 11.7. The van der Waals surface area contributed by atoms with Crippen LogP contribution in [0.3, 0.4) is 0 Å². The van der Waals surface area contributed by atoms with Crippen molar-refractivity contribution >= 4 is 5.91 Å². The average Bonchev–Trinajstić information content (AvgIpc) is 2.43. The third-order valence-electron chi connectivity index (χ3n) is 2.68. The minimum Gasteiger partial charge on any atom is -0.492 e. The molecule has 0 atom stereocenters. The molecule has 1 heterocycles. The number of nitrogens with one attached hydrogen (secondary N) is 2. The monoisotopic (exact) mass is 272 g/mol. The summed E-state index contributed by atoms with van der Waals surface area (Å²) in [6.45, 7) is 2.74. The molecule has 0 bridgehead atoms. The Morgan fingerprint density at radius 3 is 2.90 bits per heavy atom. The van der Waals surface area contributed by atoms with E-state index in [1.54, 1.807) is 6.07 Å². The summed E-state index contributed by atoms with van der Waals surface area (Å²) in [4.78, 5) is 25.3. The largest absolute Gasteiger partial charge is 0.492 e. The number of amides is 1. The zero-order valence-electron chi connectivity index (χ0n) is 11.2. The number of pyridine rings is 1. The van der Waals surface area contributed by atoms with Gasteiger partial charge in [-0.3, -0.25) is 9.59 Å². The smallest absolute Gasteiger partial charge is 0.251 e. The van der Waals surface area contributed by atoms with Crippen LogP contribution in [0.25, 0.3) is 0 Å². The van der Waals surface area contributed by atoms with Crippen molar-refractivity contribution in [2.45, 2.75) is 6.92 Å². The normalized spacial score (nSPS) is 10.1. The average molecular weight is 272 g/mol. The molecule has 0 aliphatic rings. The van der Waals surface area contributed by atoms with Gasteiger partial charge in [0, 0.05) is 17.8 Å². The minimum absolute atomic E-state index is 0.288. The molecule has 0 fully saturated rings. The molecule has 0 radical (unpaired) electrons. The van der Waals surface area contributed by atoms with Gasteiger partial charge in [-0.1, -0.05) is 12.1 Å². The molecular formula is C15H16N2O3. The number of carbonyl (C=O) groups is 1. The molecule has 0 aliphatic heterocycles. The molecule has 104 valence electrons. The first-order valence-corrected chi connectivity index (χ1v) is 6.31. The van der Waals surface area contributed by atoms with Crippen LogP contribution in [0, 0.1) is 6.92 Å². The third kappa shape index (κ3) is 3.98. The zero-order valence-corrected chi connectivity index (χ0v) is 11.2. The summed E-state index contributed by atoms with van der Waals surface area (Å²) in [7, 11) is 0. The minimum atomic E-state index is -0.298. The summed E-state index contributed by atoms with van der Waals surface area (Å²) in [5.74, 6) is 0.486. The van der Waals surface area contributed by atoms with Crippen LogP contribution in [0.4, 0.5) is 0 Å². The van der Waals surface area contributed by atoms with Crippen molar-refractivity contribution in [3.63, 3.8) is 0 Å². The first-order valence-electron chi connectivity index (χ1n) is 6.31. The Hall–Kier alpha value is -2.56. The number of H-pyrrole nitrogens is 1. The van der Waals surface area contributed by atoms with Gasteiger partial charge in [-0.15, -0.1) is 0 Å². The highest BCUT2D eigenvalue weighted by atomic mass is 16.5.